The van der Waals surface area contributed by atoms with Crippen molar-refractivity contribution in [2.24, 2.45) is 0 Å². The van der Waals surface area contributed by atoms with E-state index < -0.39 is 0 Å². The maximum absolute atomic E-state index is 13.1. The molecule has 2 heterocycles. The fraction of sp³-hybridized carbons (Fsp3) is 0.300. The first-order chi connectivity index (χ1) is 13.6. The van der Waals surface area contributed by atoms with Gasteiger partial charge in [-0.15, -0.1) is 0 Å². The van der Waals surface area contributed by atoms with Crippen LogP contribution in [0, 0.1) is 18.3 Å². The van der Waals surface area contributed by atoms with Crippen molar-refractivity contribution in [1.82, 2.24) is 25.6 Å². The summed E-state index contributed by atoms with van der Waals surface area (Å²) >= 11 is 5.21. The Kier molecular flexibility index (Phi) is 6.06. The van der Waals surface area contributed by atoms with Crippen LogP contribution >= 0.6 is 12.2 Å². The lowest BCUT2D eigenvalue weighted by molar-refractivity contribution is 0.685. The van der Waals surface area contributed by atoms with E-state index in [2.05, 4.69) is 34.1 Å². The van der Waals surface area contributed by atoms with Crippen LogP contribution in [0.4, 0.5) is 0 Å². The number of unbranched alkanes of at least 4 members (excludes halogenated alkanes) is 2. The molecule has 0 amide bonds. The summed E-state index contributed by atoms with van der Waals surface area (Å²) in [4.78, 5) is 17.5. The van der Waals surface area contributed by atoms with Gasteiger partial charge in [0.1, 0.15) is 6.07 Å². The molecular formula is C20H22N6OS. The quantitative estimate of drug-likeness (QED) is 0.332. The highest BCUT2D eigenvalue weighted by atomic mass is 32.1. The van der Waals surface area contributed by atoms with Gasteiger partial charge in [0, 0.05) is 12.7 Å². The lowest BCUT2D eigenvalue weighted by Crippen LogP contribution is -2.44. The second kappa shape index (κ2) is 8.67. The molecule has 7 nitrogen and oxygen atoms in total. The Bertz CT molecular complexity index is 1180. The largest absolute Gasteiger partial charge is 0.361 e. The third-order valence-electron chi connectivity index (χ3n) is 4.58. The minimum Gasteiger partial charge on any atom is -0.361 e. The van der Waals surface area contributed by atoms with Crippen LogP contribution in [0.5, 0.6) is 0 Å². The number of pyridine rings is 1. The number of nitriles is 1. The topological polar surface area (TPSA) is 94.2 Å². The molecule has 2 aromatic heterocycles. The predicted octanol–water partition coefficient (Wildman–Crippen LogP) is 1.64. The number of nitrogens with one attached hydrogen (secondary N) is 3. The summed E-state index contributed by atoms with van der Waals surface area (Å²) in [6.07, 6.45) is 4.87. The normalized spacial score (nSPS) is 11.5. The zero-order valence-electron chi connectivity index (χ0n) is 15.9. The Balaban J connectivity index is 1.94. The predicted molar refractivity (Wildman–Crippen MR) is 115 cm³/mol. The molecule has 0 saturated heterocycles. The maximum atomic E-state index is 13.1. The Morgan fingerprint density at radius 2 is 2.14 bits per heavy atom. The first-order valence-corrected chi connectivity index (χ1v) is 9.62. The number of hydrogen-bond acceptors (Lipinski definition) is 5. The van der Waals surface area contributed by atoms with Crippen molar-refractivity contribution in [3.63, 3.8) is 0 Å². The minimum atomic E-state index is -0.240. The Morgan fingerprint density at radius 3 is 2.89 bits per heavy atom. The molecule has 0 spiro atoms. The lowest BCUT2D eigenvalue weighted by Gasteiger charge is -2.10. The van der Waals surface area contributed by atoms with Gasteiger partial charge in [-0.25, -0.2) is 4.98 Å². The molecule has 0 atom stereocenters. The summed E-state index contributed by atoms with van der Waals surface area (Å²) in [5, 5.41) is 13.6. The molecule has 28 heavy (non-hydrogen) atoms. The van der Waals surface area contributed by atoms with E-state index in [1.165, 1.54) is 10.6 Å². The number of hydrogen-bond donors (Lipinski definition) is 3. The number of hydrazine groups is 1. The van der Waals surface area contributed by atoms with Gasteiger partial charge in [-0.2, -0.15) is 5.26 Å². The SMILES string of the molecule is CCCCCNC(=S)NNC=c1c(C)c(C#N)c2nc3ccccc3n2c1=O. The van der Waals surface area contributed by atoms with Crippen molar-refractivity contribution in [2.75, 3.05) is 6.54 Å². The zero-order chi connectivity index (χ0) is 20.1. The van der Waals surface area contributed by atoms with Crippen LogP contribution in [0.1, 0.15) is 37.3 Å². The molecule has 8 heteroatoms. The fourth-order valence-corrected chi connectivity index (χ4v) is 3.24. The second-order valence-electron chi connectivity index (χ2n) is 6.47. The highest BCUT2D eigenvalue weighted by molar-refractivity contribution is 7.80. The van der Waals surface area contributed by atoms with Crippen molar-refractivity contribution in [2.45, 2.75) is 33.1 Å². The third-order valence-corrected chi connectivity index (χ3v) is 4.82. The molecule has 0 bridgehead atoms. The van der Waals surface area contributed by atoms with Gasteiger partial charge in [0.25, 0.3) is 5.56 Å². The summed E-state index contributed by atoms with van der Waals surface area (Å²) in [5.41, 5.74) is 8.15. The first kappa shape index (κ1) is 19.6. The van der Waals surface area contributed by atoms with Gasteiger partial charge in [0.2, 0.25) is 0 Å². The molecular weight excluding hydrogens is 372 g/mol. The molecule has 3 aromatic rings. The van der Waals surface area contributed by atoms with Gasteiger partial charge in [-0.1, -0.05) is 31.9 Å². The highest BCUT2D eigenvalue weighted by Crippen LogP contribution is 2.17. The molecule has 0 fully saturated rings. The number of thiocarbonyl (C=S) groups is 1. The van der Waals surface area contributed by atoms with Gasteiger partial charge in [0.05, 0.1) is 21.8 Å². The van der Waals surface area contributed by atoms with Crippen LogP contribution in [0.2, 0.25) is 0 Å². The third kappa shape index (κ3) is 3.75. The Hall–Kier alpha value is -3.18. The number of nitrogens with zero attached hydrogens (tertiary/aromatic N) is 3. The molecule has 3 N–H and O–H groups in total. The Morgan fingerprint density at radius 1 is 1.36 bits per heavy atom. The van der Waals surface area contributed by atoms with Crippen LogP contribution in [-0.4, -0.2) is 21.0 Å². The van der Waals surface area contributed by atoms with Gasteiger partial charge < -0.3 is 10.7 Å². The van der Waals surface area contributed by atoms with Gasteiger partial charge in [-0.3, -0.25) is 14.6 Å². The second-order valence-corrected chi connectivity index (χ2v) is 6.88. The zero-order valence-corrected chi connectivity index (χ0v) is 16.7. The molecule has 0 aliphatic rings. The summed E-state index contributed by atoms with van der Waals surface area (Å²) in [6.45, 7) is 4.68. The van der Waals surface area contributed by atoms with Crippen LogP contribution < -0.4 is 26.9 Å². The highest BCUT2D eigenvalue weighted by Gasteiger charge is 2.15. The number of para-hydroxylation sites is 2. The minimum absolute atomic E-state index is 0.240. The molecule has 0 radical (unpaired) electrons. The maximum Gasteiger partial charge on any atom is 0.265 e. The van der Waals surface area contributed by atoms with Gasteiger partial charge in [-0.05, 0) is 43.3 Å². The van der Waals surface area contributed by atoms with Gasteiger partial charge in [0.15, 0.2) is 10.8 Å². The molecule has 3 rings (SSSR count). The van der Waals surface area contributed by atoms with Crippen molar-refractivity contribution >= 4 is 40.2 Å². The standard InChI is InChI=1S/C20H22N6OS/c1-3-4-7-10-22-20(28)25-23-12-15-13(2)14(11-21)18-24-16-8-5-6-9-17(16)26(18)19(15)27/h5-6,8-9,12,23H,3-4,7,10H2,1-2H3,(H2,22,25,28). The average Bonchev–Trinajstić information content (AvgIpc) is 3.07. The van der Waals surface area contributed by atoms with Crippen LogP contribution in [0.25, 0.3) is 22.9 Å². The van der Waals surface area contributed by atoms with E-state index in [0.717, 1.165) is 25.8 Å². The molecule has 144 valence electrons. The van der Waals surface area contributed by atoms with Crippen molar-refractivity contribution in [1.29, 1.82) is 5.26 Å². The van der Waals surface area contributed by atoms with E-state index >= 15 is 0 Å². The number of imidazole rings is 1. The van der Waals surface area contributed by atoms with Crippen molar-refractivity contribution < 1.29 is 0 Å². The summed E-state index contributed by atoms with van der Waals surface area (Å²) in [5.74, 6) is 0. The van der Waals surface area contributed by atoms with E-state index in [-0.39, 0.29) is 5.56 Å². The smallest absolute Gasteiger partial charge is 0.265 e. The van der Waals surface area contributed by atoms with E-state index in [1.807, 2.05) is 24.3 Å². The van der Waals surface area contributed by atoms with E-state index in [0.29, 0.717) is 38.1 Å². The summed E-state index contributed by atoms with van der Waals surface area (Å²) in [7, 11) is 0. The van der Waals surface area contributed by atoms with E-state index in [9.17, 15) is 10.1 Å². The average molecular weight is 395 g/mol. The summed E-state index contributed by atoms with van der Waals surface area (Å²) in [6, 6.07) is 9.51. The molecule has 1 aromatic carbocycles. The molecule has 0 aliphatic carbocycles. The van der Waals surface area contributed by atoms with Crippen molar-refractivity contribution in [3.8, 4) is 6.07 Å². The van der Waals surface area contributed by atoms with Crippen LogP contribution in [0.3, 0.4) is 0 Å². The number of aromatic nitrogens is 2. The van der Waals surface area contributed by atoms with Crippen LogP contribution in [-0.2, 0) is 0 Å². The Labute approximate surface area is 168 Å². The van der Waals surface area contributed by atoms with E-state index in [1.54, 1.807) is 6.92 Å². The van der Waals surface area contributed by atoms with Crippen molar-refractivity contribution in [3.05, 3.63) is 51.0 Å². The molecule has 0 unspecified atom stereocenters. The molecule has 0 aliphatic heterocycles. The molecule has 0 saturated carbocycles. The summed E-state index contributed by atoms with van der Waals surface area (Å²) < 4.78 is 1.48. The first-order valence-electron chi connectivity index (χ1n) is 9.22. The van der Waals surface area contributed by atoms with Gasteiger partial charge >= 0.3 is 0 Å². The monoisotopic (exact) mass is 394 g/mol. The number of benzene rings is 1. The number of fused-ring (bicyclic) bond motifs is 3. The number of rotatable bonds is 6. The lowest BCUT2D eigenvalue weighted by atomic mass is 10.1. The van der Waals surface area contributed by atoms with Crippen LogP contribution in [0.15, 0.2) is 29.1 Å². The van der Waals surface area contributed by atoms with E-state index in [4.69, 9.17) is 12.2 Å². The fourth-order valence-electron chi connectivity index (χ4n) is 3.08.